The molecule has 0 aromatic heterocycles. The Bertz CT molecular complexity index is 642. The average Bonchev–Trinajstić information content (AvgIpc) is 2.54. The highest BCUT2D eigenvalue weighted by molar-refractivity contribution is 5.87. The summed E-state index contributed by atoms with van der Waals surface area (Å²) in [6, 6.07) is 4.15. The molecular weight excluding hydrogens is 314 g/mol. The molecule has 3 unspecified atom stereocenters. The van der Waals surface area contributed by atoms with Gasteiger partial charge in [-0.3, -0.25) is 4.79 Å². The van der Waals surface area contributed by atoms with Crippen LogP contribution in [0.1, 0.15) is 24.8 Å². The number of phenols is 2. The van der Waals surface area contributed by atoms with E-state index in [1.54, 1.807) is 0 Å². The van der Waals surface area contributed by atoms with Crippen molar-refractivity contribution in [2.75, 3.05) is 7.05 Å². The lowest BCUT2D eigenvalue weighted by Crippen LogP contribution is -2.39. The maximum absolute atomic E-state index is 11.9. The molecule has 0 heterocycles. The fourth-order valence-electron chi connectivity index (χ4n) is 2.76. The van der Waals surface area contributed by atoms with E-state index in [-0.39, 0.29) is 23.3 Å². The van der Waals surface area contributed by atoms with E-state index in [0.29, 0.717) is 24.8 Å². The van der Waals surface area contributed by atoms with Crippen molar-refractivity contribution in [2.24, 2.45) is 5.92 Å². The van der Waals surface area contributed by atoms with Crippen molar-refractivity contribution in [3.63, 3.8) is 0 Å². The largest absolute Gasteiger partial charge is 0.504 e. The second-order valence-electron chi connectivity index (χ2n) is 5.81. The third-order valence-electron chi connectivity index (χ3n) is 3.95. The van der Waals surface area contributed by atoms with Gasteiger partial charge in [-0.2, -0.15) is 0 Å². The molecule has 0 bridgehead atoms. The zero-order valence-electron chi connectivity index (χ0n) is 13.3. The molecule has 130 valence electrons. The maximum atomic E-state index is 11.9. The summed E-state index contributed by atoms with van der Waals surface area (Å²) in [4.78, 5) is 23.6. The van der Waals surface area contributed by atoms with Gasteiger partial charge >= 0.3 is 5.97 Å². The molecule has 4 N–H and O–H groups in total. The second kappa shape index (κ2) is 7.83. The molecule has 1 fully saturated rings. The Morgan fingerprint density at radius 3 is 2.62 bits per heavy atom. The van der Waals surface area contributed by atoms with Gasteiger partial charge in [-0.1, -0.05) is 6.07 Å². The number of hydrogen-bond donors (Lipinski definition) is 4. The van der Waals surface area contributed by atoms with Gasteiger partial charge in [-0.05, 0) is 36.6 Å². The van der Waals surface area contributed by atoms with E-state index < -0.39 is 18.2 Å². The van der Waals surface area contributed by atoms with E-state index in [9.17, 15) is 24.9 Å². The number of carbonyl (C=O) groups excluding carboxylic acids is 2. The summed E-state index contributed by atoms with van der Waals surface area (Å²) >= 11 is 0. The minimum absolute atomic E-state index is 0.176. The number of esters is 1. The number of aromatic hydroxyl groups is 2. The molecule has 2 rings (SSSR count). The van der Waals surface area contributed by atoms with Crippen LogP contribution in [-0.2, 0) is 14.3 Å². The number of hydrogen-bond acceptors (Lipinski definition) is 6. The average molecular weight is 335 g/mol. The fourth-order valence-corrected chi connectivity index (χ4v) is 2.76. The summed E-state index contributed by atoms with van der Waals surface area (Å²) in [7, 11) is 1.53. The monoisotopic (exact) mass is 335 g/mol. The van der Waals surface area contributed by atoms with E-state index in [1.165, 1.54) is 37.4 Å². The van der Waals surface area contributed by atoms with Gasteiger partial charge in [-0.15, -0.1) is 0 Å². The molecule has 1 aliphatic carbocycles. The second-order valence-corrected chi connectivity index (χ2v) is 5.81. The van der Waals surface area contributed by atoms with Crippen LogP contribution in [0, 0.1) is 5.92 Å². The summed E-state index contributed by atoms with van der Waals surface area (Å²) in [5.41, 5.74) is 0.522. The molecule has 3 atom stereocenters. The summed E-state index contributed by atoms with van der Waals surface area (Å²) in [6.07, 6.45) is 2.46. The van der Waals surface area contributed by atoms with Crippen molar-refractivity contribution >= 4 is 18.0 Å². The quantitative estimate of drug-likeness (QED) is 0.369. The van der Waals surface area contributed by atoms with E-state index in [2.05, 4.69) is 5.32 Å². The van der Waals surface area contributed by atoms with Crippen LogP contribution in [0.2, 0.25) is 0 Å². The highest BCUT2D eigenvalue weighted by Gasteiger charge is 2.33. The predicted octanol–water partition coefficient (Wildman–Crippen LogP) is 0.930. The van der Waals surface area contributed by atoms with E-state index in [4.69, 9.17) is 4.74 Å². The molecule has 1 aromatic rings. The van der Waals surface area contributed by atoms with Crippen molar-refractivity contribution in [3.8, 4) is 11.5 Å². The van der Waals surface area contributed by atoms with E-state index >= 15 is 0 Å². The smallest absolute Gasteiger partial charge is 0.331 e. The SMILES string of the molecule is CNC(=O)C1CC(O)CC(OC(=O)/C=C/c2ccc(O)c(O)c2)C1. The van der Waals surface area contributed by atoms with E-state index in [1.807, 2.05) is 0 Å². The standard InChI is InChI=1S/C17H21NO6/c1-18-17(23)11-7-12(19)9-13(8-11)24-16(22)5-3-10-2-4-14(20)15(21)6-10/h2-6,11-13,19-21H,7-9H2,1H3,(H,18,23)/b5-3+. The Morgan fingerprint density at radius 2 is 1.96 bits per heavy atom. The summed E-state index contributed by atoms with van der Waals surface area (Å²) in [5, 5.41) is 31.0. The van der Waals surface area contributed by atoms with Crippen LogP contribution in [0.4, 0.5) is 0 Å². The first kappa shape index (κ1) is 17.8. The van der Waals surface area contributed by atoms with Crippen LogP contribution in [0.15, 0.2) is 24.3 Å². The number of phenolic OH excluding ortho intramolecular Hbond substituents is 2. The molecule has 1 saturated carbocycles. The highest BCUT2D eigenvalue weighted by Crippen LogP contribution is 2.28. The lowest BCUT2D eigenvalue weighted by atomic mass is 9.84. The molecule has 1 amide bonds. The zero-order chi connectivity index (χ0) is 17.7. The molecule has 7 heteroatoms. The van der Waals surface area contributed by atoms with Crippen LogP contribution >= 0.6 is 0 Å². The van der Waals surface area contributed by atoms with Crippen LogP contribution in [0.25, 0.3) is 6.08 Å². The summed E-state index contributed by atoms with van der Waals surface area (Å²) < 4.78 is 5.28. The van der Waals surface area contributed by atoms with Gasteiger partial charge in [0.25, 0.3) is 0 Å². The Morgan fingerprint density at radius 1 is 1.21 bits per heavy atom. The summed E-state index contributed by atoms with van der Waals surface area (Å²) in [6.45, 7) is 0. The van der Waals surface area contributed by atoms with Crippen LogP contribution in [0.5, 0.6) is 11.5 Å². The molecule has 7 nitrogen and oxygen atoms in total. The highest BCUT2D eigenvalue weighted by atomic mass is 16.5. The first-order chi connectivity index (χ1) is 11.4. The Balaban J connectivity index is 1.94. The van der Waals surface area contributed by atoms with Crippen LogP contribution in [0.3, 0.4) is 0 Å². The van der Waals surface area contributed by atoms with Gasteiger partial charge in [0.15, 0.2) is 11.5 Å². The van der Waals surface area contributed by atoms with Gasteiger partial charge < -0.3 is 25.4 Å². The first-order valence-electron chi connectivity index (χ1n) is 7.69. The Labute approximate surface area is 139 Å². The molecular formula is C17H21NO6. The molecule has 0 saturated heterocycles. The van der Waals surface area contributed by atoms with Crippen molar-refractivity contribution in [1.29, 1.82) is 0 Å². The molecule has 0 aliphatic heterocycles. The first-order valence-corrected chi connectivity index (χ1v) is 7.69. The minimum atomic E-state index is -0.683. The number of carbonyl (C=O) groups is 2. The molecule has 1 aromatic carbocycles. The fraction of sp³-hybridized carbons (Fsp3) is 0.412. The van der Waals surface area contributed by atoms with Crippen molar-refractivity contribution in [1.82, 2.24) is 5.32 Å². The molecule has 1 aliphatic rings. The molecule has 0 spiro atoms. The number of nitrogens with one attached hydrogen (secondary N) is 1. The summed E-state index contributed by atoms with van der Waals surface area (Å²) in [5.74, 6) is -1.68. The normalized spacial score (nSPS) is 23.8. The predicted molar refractivity (Wildman–Crippen MR) is 86.1 cm³/mol. The van der Waals surface area contributed by atoms with Crippen LogP contribution < -0.4 is 5.32 Å². The lowest BCUT2D eigenvalue weighted by molar-refractivity contribution is -0.149. The number of aliphatic hydroxyl groups is 1. The maximum Gasteiger partial charge on any atom is 0.331 e. The van der Waals surface area contributed by atoms with Gasteiger partial charge in [0, 0.05) is 25.5 Å². The minimum Gasteiger partial charge on any atom is -0.504 e. The van der Waals surface area contributed by atoms with Crippen molar-refractivity contribution in [2.45, 2.75) is 31.5 Å². The number of benzene rings is 1. The van der Waals surface area contributed by atoms with Crippen molar-refractivity contribution < 1.29 is 29.6 Å². The third kappa shape index (κ3) is 4.73. The number of ether oxygens (including phenoxy) is 1. The number of rotatable bonds is 4. The number of aliphatic hydroxyl groups excluding tert-OH is 1. The molecule has 24 heavy (non-hydrogen) atoms. The van der Waals surface area contributed by atoms with Crippen LogP contribution in [-0.4, -0.2) is 46.5 Å². The van der Waals surface area contributed by atoms with Gasteiger partial charge in [0.05, 0.1) is 6.10 Å². The number of amides is 1. The van der Waals surface area contributed by atoms with Gasteiger partial charge in [-0.25, -0.2) is 4.79 Å². The lowest BCUT2D eigenvalue weighted by Gasteiger charge is -2.30. The topological polar surface area (TPSA) is 116 Å². The van der Waals surface area contributed by atoms with E-state index in [0.717, 1.165) is 0 Å². The van der Waals surface area contributed by atoms with Crippen molar-refractivity contribution in [3.05, 3.63) is 29.8 Å². The third-order valence-corrected chi connectivity index (χ3v) is 3.95. The van der Waals surface area contributed by atoms with Gasteiger partial charge in [0.1, 0.15) is 6.10 Å². The van der Waals surface area contributed by atoms with Gasteiger partial charge in [0.2, 0.25) is 5.91 Å². The molecule has 0 radical (unpaired) electrons. The zero-order valence-corrected chi connectivity index (χ0v) is 13.3. The Kier molecular flexibility index (Phi) is 5.81. The Hall–Kier alpha value is -2.54.